The van der Waals surface area contributed by atoms with Crippen LogP contribution in [0.1, 0.15) is 35.6 Å². The number of rotatable bonds is 0. The lowest BCUT2D eigenvalue weighted by Gasteiger charge is -2.19. The zero-order valence-electron chi connectivity index (χ0n) is 12.1. The van der Waals surface area contributed by atoms with E-state index in [2.05, 4.69) is 29.7 Å². The van der Waals surface area contributed by atoms with Crippen LogP contribution in [0.5, 0.6) is 5.75 Å². The van der Waals surface area contributed by atoms with Gasteiger partial charge in [-0.3, -0.25) is 0 Å². The molecule has 0 N–H and O–H groups in total. The van der Waals surface area contributed by atoms with Gasteiger partial charge >= 0.3 is 0 Å². The average Bonchev–Trinajstić information content (AvgIpc) is 2.54. The van der Waals surface area contributed by atoms with Gasteiger partial charge in [0.25, 0.3) is 0 Å². The zero-order valence-corrected chi connectivity index (χ0v) is 12.1. The van der Waals surface area contributed by atoms with Crippen molar-refractivity contribution in [1.29, 1.82) is 0 Å². The summed E-state index contributed by atoms with van der Waals surface area (Å²) in [5, 5.41) is 0. The molecule has 102 valence electrons. The van der Waals surface area contributed by atoms with E-state index in [1.807, 2.05) is 43.3 Å². The van der Waals surface area contributed by atoms with Crippen molar-refractivity contribution in [3.63, 3.8) is 0 Å². The number of hydrogen-bond donors (Lipinski definition) is 0. The highest BCUT2D eigenvalue weighted by Crippen LogP contribution is 2.29. The zero-order chi connectivity index (χ0) is 14.5. The number of fused-ring (bicyclic) bond motifs is 1. The van der Waals surface area contributed by atoms with Crippen LogP contribution in [0.2, 0.25) is 0 Å². The van der Waals surface area contributed by atoms with Gasteiger partial charge in [0.15, 0.2) is 0 Å². The fraction of sp³-hybridized carbons (Fsp3) is 0.200. The highest BCUT2D eigenvalue weighted by Gasteiger charge is 2.14. The molecule has 0 saturated heterocycles. The molecule has 2 aromatic carbocycles. The van der Waals surface area contributed by atoms with Gasteiger partial charge in [0.2, 0.25) is 0 Å². The second-order valence-electron chi connectivity index (χ2n) is 4.96. The molecule has 0 aliphatic carbocycles. The first-order valence-corrected chi connectivity index (χ1v) is 7.16. The van der Waals surface area contributed by atoms with Crippen molar-refractivity contribution in [3.05, 3.63) is 64.7 Å². The highest BCUT2D eigenvalue weighted by molar-refractivity contribution is 5.57. The molecular weight excluding hydrogens is 256 g/mol. The van der Waals surface area contributed by atoms with E-state index < -0.39 is 0 Å². The third-order valence-electron chi connectivity index (χ3n) is 3.39. The Kier molecular flexibility index (Phi) is 3.95. The predicted molar refractivity (Wildman–Crippen MR) is 85.2 cm³/mol. The van der Waals surface area contributed by atoms with Crippen LogP contribution in [0.25, 0.3) is 0 Å². The standard InChI is InChI=1S/C20H16O/c1-2-7-18-14-17(12-11-16-8-4-3-5-9-16)15-19-10-6-13-21-20(18)19/h3-5,8-9,14-15H,6,10,13H2,1H3. The molecule has 0 spiro atoms. The van der Waals surface area contributed by atoms with Crippen molar-refractivity contribution >= 4 is 0 Å². The molecule has 0 radical (unpaired) electrons. The van der Waals surface area contributed by atoms with E-state index in [0.29, 0.717) is 0 Å². The molecule has 21 heavy (non-hydrogen) atoms. The van der Waals surface area contributed by atoms with Gasteiger partial charge in [-0.2, -0.15) is 0 Å². The van der Waals surface area contributed by atoms with E-state index in [0.717, 1.165) is 41.9 Å². The van der Waals surface area contributed by atoms with Gasteiger partial charge in [-0.05, 0) is 49.6 Å². The molecule has 1 nitrogen and oxygen atoms in total. The van der Waals surface area contributed by atoms with Crippen LogP contribution in [0.4, 0.5) is 0 Å². The van der Waals surface area contributed by atoms with Crippen LogP contribution in [-0.2, 0) is 6.42 Å². The molecule has 0 saturated carbocycles. The Hall–Kier alpha value is -2.64. The summed E-state index contributed by atoms with van der Waals surface area (Å²) in [6.45, 7) is 2.62. The Morgan fingerprint density at radius 1 is 0.952 bits per heavy atom. The van der Waals surface area contributed by atoms with Crippen LogP contribution >= 0.6 is 0 Å². The third-order valence-corrected chi connectivity index (χ3v) is 3.39. The number of aryl methyl sites for hydroxylation is 1. The minimum Gasteiger partial charge on any atom is -0.492 e. The Morgan fingerprint density at radius 3 is 2.57 bits per heavy atom. The molecule has 0 amide bonds. The molecule has 1 aliphatic heterocycles. The van der Waals surface area contributed by atoms with E-state index in [1.165, 1.54) is 5.56 Å². The Balaban J connectivity index is 2.01. The van der Waals surface area contributed by atoms with Crippen LogP contribution in [-0.4, -0.2) is 6.61 Å². The Bertz CT molecular complexity index is 764. The van der Waals surface area contributed by atoms with Gasteiger partial charge in [0.05, 0.1) is 12.2 Å². The molecular formula is C20H16O. The van der Waals surface area contributed by atoms with Crippen LogP contribution < -0.4 is 4.74 Å². The molecule has 0 unspecified atom stereocenters. The summed E-state index contributed by atoms with van der Waals surface area (Å²) < 4.78 is 5.77. The lowest BCUT2D eigenvalue weighted by molar-refractivity contribution is 0.287. The monoisotopic (exact) mass is 272 g/mol. The van der Waals surface area contributed by atoms with Crippen molar-refractivity contribution in [1.82, 2.24) is 0 Å². The quantitative estimate of drug-likeness (QED) is 0.663. The van der Waals surface area contributed by atoms with E-state index in [1.54, 1.807) is 0 Å². The van der Waals surface area contributed by atoms with Crippen LogP contribution in [0.3, 0.4) is 0 Å². The van der Waals surface area contributed by atoms with Crippen LogP contribution in [0, 0.1) is 23.7 Å². The summed E-state index contributed by atoms with van der Waals surface area (Å²) in [5.41, 5.74) is 4.20. The smallest absolute Gasteiger partial charge is 0.138 e. The number of hydrogen-bond acceptors (Lipinski definition) is 1. The second-order valence-corrected chi connectivity index (χ2v) is 4.96. The SMILES string of the molecule is CC#Cc1cc(C#Cc2ccccc2)cc2c1OCCC2. The predicted octanol–water partition coefficient (Wildman–Crippen LogP) is 3.78. The fourth-order valence-electron chi connectivity index (χ4n) is 2.45. The Labute approximate surface area is 126 Å². The van der Waals surface area contributed by atoms with Crippen molar-refractivity contribution in [2.75, 3.05) is 6.61 Å². The first-order chi connectivity index (χ1) is 10.4. The average molecular weight is 272 g/mol. The first-order valence-electron chi connectivity index (χ1n) is 7.16. The second kappa shape index (κ2) is 6.21. The maximum atomic E-state index is 5.77. The van der Waals surface area contributed by atoms with Gasteiger partial charge in [-0.25, -0.2) is 0 Å². The van der Waals surface area contributed by atoms with Gasteiger partial charge in [0.1, 0.15) is 5.75 Å². The maximum Gasteiger partial charge on any atom is 0.138 e. The van der Waals surface area contributed by atoms with Crippen molar-refractivity contribution in [3.8, 4) is 29.4 Å². The fourth-order valence-corrected chi connectivity index (χ4v) is 2.45. The molecule has 0 aromatic heterocycles. The van der Waals surface area contributed by atoms with Crippen molar-refractivity contribution in [2.24, 2.45) is 0 Å². The number of benzene rings is 2. The lowest BCUT2D eigenvalue weighted by atomic mass is 9.99. The Morgan fingerprint density at radius 2 is 1.76 bits per heavy atom. The topological polar surface area (TPSA) is 9.23 Å². The first kappa shape index (κ1) is 13.3. The number of ether oxygens (including phenoxy) is 1. The molecule has 1 aliphatic rings. The van der Waals surface area contributed by atoms with Crippen molar-refractivity contribution < 1.29 is 4.74 Å². The van der Waals surface area contributed by atoms with Gasteiger partial charge < -0.3 is 4.74 Å². The molecule has 1 heterocycles. The summed E-state index contributed by atoms with van der Waals surface area (Å²) >= 11 is 0. The molecule has 3 rings (SSSR count). The summed E-state index contributed by atoms with van der Waals surface area (Å²) in [6, 6.07) is 14.2. The van der Waals surface area contributed by atoms with E-state index in [9.17, 15) is 0 Å². The molecule has 0 bridgehead atoms. The summed E-state index contributed by atoms with van der Waals surface area (Å²) in [6.07, 6.45) is 2.09. The van der Waals surface area contributed by atoms with E-state index >= 15 is 0 Å². The molecule has 1 heteroatoms. The van der Waals surface area contributed by atoms with Gasteiger partial charge in [-0.15, -0.1) is 5.92 Å². The van der Waals surface area contributed by atoms with E-state index in [-0.39, 0.29) is 0 Å². The minimum absolute atomic E-state index is 0.778. The normalized spacial score (nSPS) is 12.0. The molecule has 0 fully saturated rings. The van der Waals surface area contributed by atoms with Crippen molar-refractivity contribution in [2.45, 2.75) is 19.8 Å². The molecule has 0 atom stereocenters. The molecule has 2 aromatic rings. The lowest BCUT2D eigenvalue weighted by Crippen LogP contribution is -2.10. The maximum absolute atomic E-state index is 5.77. The van der Waals surface area contributed by atoms with Crippen LogP contribution in [0.15, 0.2) is 42.5 Å². The summed E-state index contributed by atoms with van der Waals surface area (Å²) in [4.78, 5) is 0. The largest absolute Gasteiger partial charge is 0.492 e. The van der Waals surface area contributed by atoms with E-state index in [4.69, 9.17) is 4.74 Å². The summed E-state index contributed by atoms with van der Waals surface area (Å²) in [5.74, 6) is 13.5. The van der Waals surface area contributed by atoms with Gasteiger partial charge in [0, 0.05) is 11.1 Å². The highest BCUT2D eigenvalue weighted by atomic mass is 16.5. The van der Waals surface area contributed by atoms with Gasteiger partial charge in [-0.1, -0.05) is 36.0 Å². The summed E-state index contributed by atoms with van der Waals surface area (Å²) in [7, 11) is 0. The third kappa shape index (κ3) is 3.10. The minimum atomic E-state index is 0.778.